The van der Waals surface area contributed by atoms with Crippen LogP contribution in [0, 0.1) is 5.82 Å². The molecule has 0 aliphatic carbocycles. The van der Waals surface area contributed by atoms with Gasteiger partial charge < -0.3 is 10.1 Å². The Morgan fingerprint density at radius 2 is 2.00 bits per heavy atom. The summed E-state index contributed by atoms with van der Waals surface area (Å²) >= 11 is 6.76. The van der Waals surface area contributed by atoms with Crippen molar-refractivity contribution in [3.05, 3.63) is 41.0 Å². The molecule has 1 N–H and O–H groups in total. The highest BCUT2D eigenvalue weighted by Gasteiger charge is 2.22. The molecule has 1 heterocycles. The van der Waals surface area contributed by atoms with E-state index in [-0.39, 0.29) is 36.2 Å². The van der Waals surface area contributed by atoms with E-state index >= 15 is 0 Å². The number of ether oxygens (including phenoxy) is 1. The van der Waals surface area contributed by atoms with Crippen LogP contribution >= 0.6 is 22.9 Å². The van der Waals surface area contributed by atoms with Gasteiger partial charge in [-0.25, -0.2) is 9.18 Å². The number of rotatable bonds is 6. The predicted octanol–water partition coefficient (Wildman–Crippen LogP) is 4.30. The van der Waals surface area contributed by atoms with Crippen molar-refractivity contribution in [2.75, 3.05) is 17.8 Å². The van der Waals surface area contributed by atoms with Crippen molar-refractivity contribution < 1.29 is 18.7 Å². The number of halogens is 2. The smallest absolute Gasteiger partial charge is 0.341 e. The molecule has 0 aliphatic heterocycles. The van der Waals surface area contributed by atoms with Crippen LogP contribution in [0.1, 0.15) is 23.7 Å². The number of amides is 1. The minimum atomic E-state index is -0.533. The molecule has 2 rings (SSSR count). The highest BCUT2D eigenvalue weighted by Crippen LogP contribution is 2.36. The number of hydrogen-bond donors (Lipinski definition) is 1. The summed E-state index contributed by atoms with van der Waals surface area (Å²) < 4.78 is 18.2. The molecule has 2 aromatic rings. The third-order valence-corrected chi connectivity index (χ3v) is 4.08. The highest BCUT2D eigenvalue weighted by atomic mass is 35.5. The lowest BCUT2D eigenvalue weighted by molar-refractivity contribution is -0.115. The number of hydrogen-bond acceptors (Lipinski definition) is 4. The van der Waals surface area contributed by atoms with Crippen molar-refractivity contribution in [1.82, 2.24) is 0 Å². The van der Waals surface area contributed by atoms with E-state index in [4.69, 9.17) is 16.3 Å². The first-order chi connectivity index (χ1) is 11.1. The summed E-state index contributed by atoms with van der Waals surface area (Å²) in [6, 6.07) is 5.77. The molecule has 1 aromatic heterocycles. The van der Waals surface area contributed by atoms with Gasteiger partial charge in [-0.3, -0.25) is 4.79 Å². The van der Waals surface area contributed by atoms with E-state index in [1.165, 1.54) is 23.5 Å². The zero-order valence-corrected chi connectivity index (χ0v) is 14.0. The van der Waals surface area contributed by atoms with Gasteiger partial charge in [0.15, 0.2) is 0 Å². The lowest BCUT2D eigenvalue weighted by atomic mass is 10.0. The fourth-order valence-corrected chi connectivity index (χ4v) is 3.12. The molecule has 0 radical (unpaired) electrons. The Hall–Kier alpha value is -1.92. The van der Waals surface area contributed by atoms with Gasteiger partial charge in [-0.2, -0.15) is 0 Å². The Morgan fingerprint density at radius 3 is 2.61 bits per heavy atom. The molecular weight excluding hydrogens is 341 g/mol. The molecule has 0 bridgehead atoms. The summed E-state index contributed by atoms with van der Waals surface area (Å²) in [7, 11) is 0. The second-order valence-corrected chi connectivity index (χ2v) is 5.83. The normalized spacial score (nSPS) is 10.4. The molecule has 4 nitrogen and oxygen atoms in total. The van der Waals surface area contributed by atoms with Crippen LogP contribution in [0.5, 0.6) is 0 Å². The van der Waals surface area contributed by atoms with E-state index in [1.807, 2.05) is 0 Å². The number of carbonyl (C=O) groups excluding carboxylic acids is 2. The van der Waals surface area contributed by atoms with Crippen LogP contribution in [0.4, 0.5) is 9.39 Å². The lowest BCUT2D eigenvalue weighted by Crippen LogP contribution is -2.14. The Morgan fingerprint density at radius 1 is 1.30 bits per heavy atom. The van der Waals surface area contributed by atoms with Gasteiger partial charge in [0.1, 0.15) is 16.4 Å². The molecule has 23 heavy (non-hydrogen) atoms. The largest absolute Gasteiger partial charge is 0.462 e. The van der Waals surface area contributed by atoms with E-state index in [0.717, 1.165) is 0 Å². The van der Waals surface area contributed by atoms with E-state index in [9.17, 15) is 14.0 Å². The zero-order valence-electron chi connectivity index (χ0n) is 12.4. The lowest BCUT2D eigenvalue weighted by Gasteiger charge is -2.08. The summed E-state index contributed by atoms with van der Waals surface area (Å²) in [5, 5.41) is 4.81. The fourth-order valence-electron chi connectivity index (χ4n) is 1.97. The number of thiophene rings is 1. The number of alkyl halides is 1. The van der Waals surface area contributed by atoms with Crippen LogP contribution in [0.15, 0.2) is 29.6 Å². The average Bonchev–Trinajstić information content (AvgIpc) is 2.92. The molecule has 0 aliphatic rings. The van der Waals surface area contributed by atoms with Crippen molar-refractivity contribution in [3.8, 4) is 11.1 Å². The number of carbonyl (C=O) groups is 2. The number of esters is 1. The molecule has 0 saturated heterocycles. The number of nitrogens with one attached hydrogen (secondary N) is 1. The third-order valence-electron chi connectivity index (χ3n) is 3.00. The number of anilines is 1. The average molecular weight is 356 g/mol. The summed E-state index contributed by atoms with van der Waals surface area (Å²) in [5.74, 6) is -0.985. The summed E-state index contributed by atoms with van der Waals surface area (Å²) in [6.07, 6.45) is 0.146. The Balaban J connectivity index is 2.42. The maximum Gasteiger partial charge on any atom is 0.341 e. The van der Waals surface area contributed by atoms with E-state index < -0.39 is 5.97 Å². The molecule has 1 amide bonds. The minimum Gasteiger partial charge on any atom is -0.462 e. The first-order valence-corrected chi connectivity index (χ1v) is 8.38. The summed E-state index contributed by atoms with van der Waals surface area (Å²) in [4.78, 5) is 24.0. The van der Waals surface area contributed by atoms with Gasteiger partial charge in [-0.05, 0) is 24.6 Å². The van der Waals surface area contributed by atoms with Crippen LogP contribution in [0.3, 0.4) is 0 Å². The molecule has 1 aromatic carbocycles. The van der Waals surface area contributed by atoms with Crippen LogP contribution in [0.25, 0.3) is 11.1 Å². The molecule has 122 valence electrons. The first-order valence-electron chi connectivity index (χ1n) is 6.97. The van der Waals surface area contributed by atoms with Crippen molar-refractivity contribution in [2.45, 2.75) is 13.3 Å². The summed E-state index contributed by atoms with van der Waals surface area (Å²) in [6.45, 7) is 1.92. The Kier molecular flexibility index (Phi) is 6.12. The topological polar surface area (TPSA) is 55.4 Å². The third kappa shape index (κ3) is 4.30. The van der Waals surface area contributed by atoms with Crippen molar-refractivity contribution in [1.29, 1.82) is 0 Å². The highest BCUT2D eigenvalue weighted by molar-refractivity contribution is 7.15. The molecule has 0 saturated carbocycles. The van der Waals surface area contributed by atoms with E-state index in [1.54, 1.807) is 24.4 Å². The molecular formula is C16H15ClFNO3S. The van der Waals surface area contributed by atoms with Crippen molar-refractivity contribution >= 4 is 39.8 Å². The van der Waals surface area contributed by atoms with E-state index in [2.05, 4.69) is 5.32 Å². The molecule has 0 unspecified atom stereocenters. The molecule has 0 atom stereocenters. The molecule has 0 spiro atoms. The van der Waals surface area contributed by atoms with Crippen LogP contribution in [-0.2, 0) is 9.53 Å². The predicted molar refractivity (Wildman–Crippen MR) is 89.6 cm³/mol. The van der Waals surface area contributed by atoms with Gasteiger partial charge in [0.25, 0.3) is 0 Å². The van der Waals surface area contributed by atoms with E-state index in [0.29, 0.717) is 16.1 Å². The van der Waals surface area contributed by atoms with Crippen LogP contribution in [0.2, 0.25) is 0 Å². The summed E-state index contributed by atoms with van der Waals surface area (Å²) in [5.41, 5.74) is 1.53. The van der Waals surface area contributed by atoms with Crippen LogP contribution in [-0.4, -0.2) is 24.4 Å². The van der Waals surface area contributed by atoms with Gasteiger partial charge in [-0.1, -0.05) is 12.1 Å². The van der Waals surface area contributed by atoms with Gasteiger partial charge in [0, 0.05) is 23.2 Å². The zero-order chi connectivity index (χ0) is 16.8. The molecule has 7 heteroatoms. The van der Waals surface area contributed by atoms with Crippen molar-refractivity contribution in [3.63, 3.8) is 0 Å². The van der Waals surface area contributed by atoms with Gasteiger partial charge >= 0.3 is 5.97 Å². The van der Waals surface area contributed by atoms with Crippen LogP contribution < -0.4 is 5.32 Å². The fraction of sp³-hybridized carbons (Fsp3) is 0.250. The standard InChI is InChI=1S/C16H15ClFNO3S/c1-2-22-16(21)14-12(10-3-5-11(18)6-4-10)9-23-15(14)19-13(20)7-8-17/h3-6,9H,2,7-8H2,1H3,(H,19,20). The van der Waals surface area contributed by atoms with Gasteiger partial charge in [0.05, 0.1) is 6.61 Å². The molecule has 0 fully saturated rings. The SMILES string of the molecule is CCOC(=O)c1c(-c2ccc(F)cc2)csc1NC(=O)CCCl. The van der Waals surface area contributed by atoms with Gasteiger partial charge in [-0.15, -0.1) is 22.9 Å². The van der Waals surface area contributed by atoms with Gasteiger partial charge in [0.2, 0.25) is 5.91 Å². The second kappa shape index (κ2) is 8.08. The Bertz CT molecular complexity index is 700. The number of benzene rings is 1. The first kappa shape index (κ1) is 17.4. The van der Waals surface area contributed by atoms with Crippen molar-refractivity contribution in [2.24, 2.45) is 0 Å². The minimum absolute atomic E-state index is 0.146. The maximum atomic E-state index is 13.1. The Labute approximate surface area is 142 Å². The monoisotopic (exact) mass is 355 g/mol. The quantitative estimate of drug-likeness (QED) is 0.621. The maximum absolute atomic E-state index is 13.1. The second-order valence-electron chi connectivity index (χ2n) is 4.57.